The van der Waals surface area contributed by atoms with Gasteiger partial charge >= 0.3 is 0 Å². The van der Waals surface area contributed by atoms with Crippen molar-refractivity contribution < 1.29 is 8.83 Å². The molecule has 0 saturated carbocycles. The summed E-state index contributed by atoms with van der Waals surface area (Å²) in [7, 11) is 0. The minimum atomic E-state index is 0.847. The Morgan fingerprint density at radius 2 is 0.672 bits per heavy atom. The molecule has 0 aliphatic rings. The van der Waals surface area contributed by atoms with Gasteiger partial charge in [0, 0.05) is 61.7 Å². The summed E-state index contributed by atoms with van der Waals surface area (Å²) >= 11 is 0. The number of rotatable bonds is 6. The van der Waals surface area contributed by atoms with Crippen LogP contribution < -0.4 is 9.80 Å². The molecule has 0 aliphatic carbocycles. The molecule has 4 heteroatoms. The summed E-state index contributed by atoms with van der Waals surface area (Å²) < 4.78 is 13.4. The summed E-state index contributed by atoms with van der Waals surface area (Å²) in [6, 6.07) is 48.8. The van der Waals surface area contributed by atoms with Gasteiger partial charge in [0.25, 0.3) is 0 Å². The first kappa shape index (κ1) is 35.6. The molecule has 0 bridgehead atoms. The maximum absolute atomic E-state index is 6.73. The summed E-state index contributed by atoms with van der Waals surface area (Å²) in [4.78, 5) is 4.78. The van der Waals surface area contributed by atoms with Gasteiger partial charge in [0.05, 0.1) is 0 Å². The van der Waals surface area contributed by atoms with Gasteiger partial charge in [-0.2, -0.15) is 0 Å². The Morgan fingerprint density at radius 1 is 0.293 bits per heavy atom. The fourth-order valence-corrected chi connectivity index (χ4v) is 8.70. The molecule has 2 heterocycles. The highest BCUT2D eigenvalue weighted by molar-refractivity contribution is 6.17. The lowest BCUT2D eigenvalue weighted by atomic mass is 10.0. The van der Waals surface area contributed by atoms with Crippen molar-refractivity contribution in [1.29, 1.82) is 0 Å². The largest absolute Gasteiger partial charge is 0.456 e. The van der Waals surface area contributed by atoms with Crippen LogP contribution in [0.4, 0.5) is 34.1 Å². The molecule has 10 rings (SSSR count). The van der Waals surface area contributed by atoms with Crippen molar-refractivity contribution in [3.8, 4) is 0 Å². The second-order valence-corrected chi connectivity index (χ2v) is 16.4. The molecule has 0 unspecified atom stereocenters. The number of hydrogen-bond acceptors (Lipinski definition) is 4. The van der Waals surface area contributed by atoms with E-state index in [0.717, 1.165) is 77.4 Å². The first-order chi connectivity index (χ1) is 28.0. The van der Waals surface area contributed by atoms with Crippen molar-refractivity contribution >= 4 is 88.8 Å². The SMILES string of the molecule is Cc1ccc(C)c(N(c2ccc3cc4c(cc3c2)oc2cc3c(cc24)oc2cc(N(c4cc(C)ccc4C)c4cc(C)ccc4C)ccc23)c2cc(C)ccc2C)c1. The zero-order valence-electron chi connectivity index (χ0n) is 34.4. The lowest BCUT2D eigenvalue weighted by Gasteiger charge is -2.29. The fraction of sp³-hybridized carbons (Fsp3) is 0.148. The van der Waals surface area contributed by atoms with E-state index in [0.29, 0.717) is 0 Å². The van der Waals surface area contributed by atoms with Crippen LogP contribution >= 0.6 is 0 Å². The summed E-state index contributed by atoms with van der Waals surface area (Å²) in [5.41, 5.74) is 20.1. The van der Waals surface area contributed by atoms with E-state index < -0.39 is 0 Å². The normalized spacial score (nSPS) is 11.8. The molecular weight excluding hydrogens is 709 g/mol. The molecule has 4 nitrogen and oxygen atoms in total. The maximum Gasteiger partial charge on any atom is 0.137 e. The molecule has 0 saturated heterocycles. The summed E-state index contributed by atoms with van der Waals surface area (Å²) in [6.07, 6.45) is 0. The number of benzene rings is 8. The monoisotopic (exact) mass is 754 g/mol. The van der Waals surface area contributed by atoms with Crippen molar-refractivity contribution in [2.75, 3.05) is 9.80 Å². The Balaban J connectivity index is 1.09. The second kappa shape index (κ2) is 13.4. The molecule has 0 radical (unpaired) electrons. The van der Waals surface area contributed by atoms with Gasteiger partial charge in [-0.1, -0.05) is 54.6 Å². The molecule has 2 aromatic heterocycles. The number of aryl methyl sites for hydroxylation is 8. The maximum atomic E-state index is 6.73. The van der Waals surface area contributed by atoms with Crippen LogP contribution in [0.15, 0.2) is 142 Å². The number of fused-ring (bicyclic) bond motifs is 7. The fourth-order valence-electron chi connectivity index (χ4n) is 8.70. The lowest BCUT2D eigenvalue weighted by molar-refractivity contribution is 0.664. The molecule has 284 valence electrons. The smallest absolute Gasteiger partial charge is 0.137 e. The molecule has 0 N–H and O–H groups in total. The number of hydrogen-bond donors (Lipinski definition) is 0. The van der Waals surface area contributed by atoms with Gasteiger partial charge in [-0.25, -0.2) is 0 Å². The van der Waals surface area contributed by atoms with Crippen molar-refractivity contribution in [3.05, 3.63) is 178 Å². The second-order valence-electron chi connectivity index (χ2n) is 16.4. The Kier molecular flexibility index (Phi) is 8.24. The Morgan fingerprint density at radius 3 is 1.16 bits per heavy atom. The van der Waals surface area contributed by atoms with Gasteiger partial charge in [0.2, 0.25) is 0 Å². The standard InChI is InChI=1S/C54H46N2O2/c1-31-9-13-35(5)47(21-31)55(48-22-32(2)10-14-36(48)6)41-18-17-39-26-44-46-30-53-45(29-54(46)57-51(44)27-40(39)25-41)43-20-19-42(28-52(43)58-53)56(49-23-33(3)11-15-37(49)7)50-24-34(4)12-16-38(50)8/h9-30H,1-8H3. The Labute approximate surface area is 339 Å². The van der Waals surface area contributed by atoms with Crippen molar-refractivity contribution in [2.45, 2.75) is 55.4 Å². The van der Waals surface area contributed by atoms with Crippen LogP contribution in [0.25, 0.3) is 54.6 Å². The van der Waals surface area contributed by atoms with E-state index in [-0.39, 0.29) is 0 Å². The highest BCUT2D eigenvalue weighted by Gasteiger charge is 2.22. The summed E-state index contributed by atoms with van der Waals surface area (Å²) in [5.74, 6) is 0. The Bertz CT molecular complexity index is 3070. The number of anilines is 6. The average Bonchev–Trinajstić information content (AvgIpc) is 3.74. The van der Waals surface area contributed by atoms with E-state index in [9.17, 15) is 0 Å². The summed E-state index contributed by atoms with van der Waals surface area (Å²) in [5, 5.41) is 6.53. The zero-order valence-corrected chi connectivity index (χ0v) is 34.4. The van der Waals surface area contributed by atoms with Gasteiger partial charge in [0.15, 0.2) is 0 Å². The first-order valence-electron chi connectivity index (χ1n) is 20.1. The van der Waals surface area contributed by atoms with Gasteiger partial charge in [-0.3, -0.25) is 0 Å². The number of nitrogens with zero attached hydrogens (tertiary/aromatic N) is 2. The molecule has 0 amide bonds. The van der Waals surface area contributed by atoms with Crippen LogP contribution in [0.3, 0.4) is 0 Å². The minimum Gasteiger partial charge on any atom is -0.456 e. The van der Waals surface area contributed by atoms with Gasteiger partial charge < -0.3 is 18.6 Å². The minimum absolute atomic E-state index is 0.847. The van der Waals surface area contributed by atoms with E-state index in [1.807, 2.05) is 0 Å². The predicted octanol–water partition coefficient (Wildman–Crippen LogP) is 16.0. The van der Waals surface area contributed by atoms with Crippen LogP contribution in [0.1, 0.15) is 44.5 Å². The summed E-state index contributed by atoms with van der Waals surface area (Å²) in [6.45, 7) is 17.4. The average molecular weight is 755 g/mol. The van der Waals surface area contributed by atoms with E-state index >= 15 is 0 Å². The van der Waals surface area contributed by atoms with Gasteiger partial charge in [-0.15, -0.1) is 0 Å². The highest BCUT2D eigenvalue weighted by atomic mass is 16.3. The third kappa shape index (κ3) is 5.90. The van der Waals surface area contributed by atoms with E-state index in [4.69, 9.17) is 8.83 Å². The molecule has 0 fully saturated rings. The van der Waals surface area contributed by atoms with Crippen LogP contribution in [0, 0.1) is 55.4 Å². The third-order valence-corrected chi connectivity index (χ3v) is 11.9. The molecular formula is C54H46N2O2. The molecule has 0 atom stereocenters. The van der Waals surface area contributed by atoms with Crippen LogP contribution in [0.2, 0.25) is 0 Å². The molecule has 58 heavy (non-hydrogen) atoms. The van der Waals surface area contributed by atoms with Crippen molar-refractivity contribution in [2.24, 2.45) is 0 Å². The van der Waals surface area contributed by atoms with E-state index in [1.54, 1.807) is 0 Å². The van der Waals surface area contributed by atoms with E-state index in [1.165, 1.54) is 55.9 Å². The predicted molar refractivity (Wildman–Crippen MR) is 246 cm³/mol. The Hall–Kier alpha value is -6.78. The zero-order chi connectivity index (χ0) is 40.0. The molecule has 8 aromatic carbocycles. The topological polar surface area (TPSA) is 32.8 Å². The van der Waals surface area contributed by atoms with Gasteiger partial charge in [0.1, 0.15) is 22.3 Å². The van der Waals surface area contributed by atoms with Gasteiger partial charge in [-0.05, 0) is 183 Å². The van der Waals surface area contributed by atoms with Crippen LogP contribution in [-0.4, -0.2) is 0 Å². The molecule has 0 spiro atoms. The highest BCUT2D eigenvalue weighted by Crippen LogP contribution is 2.45. The first-order valence-corrected chi connectivity index (χ1v) is 20.1. The van der Waals surface area contributed by atoms with Crippen LogP contribution in [0.5, 0.6) is 0 Å². The third-order valence-electron chi connectivity index (χ3n) is 11.9. The van der Waals surface area contributed by atoms with Crippen molar-refractivity contribution in [1.82, 2.24) is 0 Å². The van der Waals surface area contributed by atoms with E-state index in [2.05, 4.69) is 199 Å². The lowest BCUT2D eigenvalue weighted by Crippen LogP contribution is -2.13. The molecule has 0 aliphatic heterocycles. The quantitative estimate of drug-likeness (QED) is 0.169. The number of furan rings is 2. The molecule has 10 aromatic rings. The van der Waals surface area contributed by atoms with Crippen LogP contribution in [-0.2, 0) is 0 Å². The van der Waals surface area contributed by atoms with Crippen molar-refractivity contribution in [3.63, 3.8) is 0 Å².